The average molecular weight is 657 g/mol. The molecule has 4 nitrogen and oxygen atoms in total. The minimum atomic E-state index is 0. The van der Waals surface area contributed by atoms with Gasteiger partial charge in [0.05, 0.1) is 6.10 Å². The van der Waals surface area contributed by atoms with Crippen molar-refractivity contribution < 1.29 is 49.2 Å². The van der Waals surface area contributed by atoms with Crippen LogP contribution in [-0.2, 0) is 49.2 Å². The van der Waals surface area contributed by atoms with E-state index in [2.05, 4.69) is 66.6 Å². The average Bonchev–Trinajstić information content (AvgIpc) is 2.56. The normalized spacial score (nSPS) is 7.29. The number of hydrogen-bond acceptors (Lipinski definition) is 3. The molecular weight excluding hydrogens is 595 g/mol. The maximum atomic E-state index is 10.1. The molecule has 0 bridgehead atoms. The van der Waals surface area contributed by atoms with Crippen LogP contribution in [0.15, 0.2) is 11.6 Å². The van der Waals surface area contributed by atoms with E-state index in [1.165, 1.54) is 23.8 Å². The van der Waals surface area contributed by atoms with Crippen LogP contribution in [0.3, 0.4) is 0 Å². The Hall–Kier alpha value is 0.403. The van der Waals surface area contributed by atoms with Crippen molar-refractivity contribution in [3.63, 3.8) is 0 Å². The number of nitrogens with zero attached hydrogens (tertiary/aromatic N) is 2. The SMILES string of the molecule is CC(=O)N(C)C.CC=C(C)C.CCC(C)C.CCN(C)C.COC(C)C.[CH3-].[CH3-].[CH3-].[V+2].[W]. The third-order valence-corrected chi connectivity index (χ3v) is 3.13. The molecule has 0 heterocycles. The molecule has 0 aliphatic heterocycles. The molecular formula is C25H61N2O2VW-. The minimum Gasteiger partial charge on any atom is -0.382 e. The molecule has 0 saturated heterocycles. The molecule has 0 N–H and O–H groups in total. The number of ether oxygens (including phenoxy) is 1. The van der Waals surface area contributed by atoms with Gasteiger partial charge in [0.15, 0.2) is 0 Å². The monoisotopic (exact) mass is 656 g/mol. The largest absolute Gasteiger partial charge is 2.00 e. The summed E-state index contributed by atoms with van der Waals surface area (Å²) in [6.45, 7) is 21.6. The fourth-order valence-corrected chi connectivity index (χ4v) is 0. The number of rotatable bonds is 3. The van der Waals surface area contributed by atoms with Crippen LogP contribution in [0, 0.1) is 28.2 Å². The van der Waals surface area contributed by atoms with E-state index in [0.717, 1.165) is 12.5 Å². The quantitative estimate of drug-likeness (QED) is 0.241. The van der Waals surface area contributed by atoms with Gasteiger partial charge in [0.25, 0.3) is 0 Å². The molecule has 6 heteroatoms. The maximum Gasteiger partial charge on any atom is 2.00 e. The summed E-state index contributed by atoms with van der Waals surface area (Å²) in [5.74, 6) is 0.977. The number of carbonyl (C=O) groups is 1. The molecule has 0 fully saturated rings. The molecule has 0 unspecified atom stereocenters. The summed E-state index contributed by atoms with van der Waals surface area (Å²) in [4.78, 5) is 13.7. The number of amides is 1. The second-order valence-electron chi connectivity index (χ2n) is 7.26. The van der Waals surface area contributed by atoms with Crippen molar-refractivity contribution in [2.24, 2.45) is 5.92 Å². The standard InChI is InChI=1S/C5H12.C5H10.C4H9NO.C4H11N.C4H10O.3CH3.V.W/c2*1-4-5(2)3;1-4(6)5(2)3;1-4-5(2)3;1-4(2)5-3;;;;;/h5H,4H2,1-3H3;4H,1-3H3;1-3H3;4H2,1-3H3;4H,1-3H3;3*1H3;;/q;;;;;3*-1;+2;. The Bertz CT molecular complexity index is 274. The van der Waals surface area contributed by atoms with Crippen molar-refractivity contribution in [1.29, 1.82) is 0 Å². The van der Waals surface area contributed by atoms with Gasteiger partial charge in [-0.3, -0.25) is 4.79 Å². The van der Waals surface area contributed by atoms with Gasteiger partial charge in [0.1, 0.15) is 0 Å². The van der Waals surface area contributed by atoms with Crippen LogP contribution in [0.4, 0.5) is 0 Å². The van der Waals surface area contributed by atoms with Crippen LogP contribution < -0.4 is 0 Å². The molecule has 0 aromatic rings. The zero-order valence-electron chi connectivity index (χ0n) is 24.7. The molecule has 0 aliphatic rings. The summed E-state index contributed by atoms with van der Waals surface area (Å²) in [6.07, 6.45) is 3.77. The Kier molecular flexibility index (Phi) is 107. The van der Waals surface area contributed by atoms with Gasteiger partial charge in [0.2, 0.25) is 5.91 Å². The number of allylic oxidation sites excluding steroid dienone is 2. The van der Waals surface area contributed by atoms with Crippen LogP contribution in [-0.4, -0.2) is 63.7 Å². The number of hydrogen-bond donors (Lipinski definition) is 0. The van der Waals surface area contributed by atoms with Crippen LogP contribution in [0.5, 0.6) is 0 Å². The van der Waals surface area contributed by atoms with E-state index in [1.807, 2.05) is 20.8 Å². The summed E-state index contributed by atoms with van der Waals surface area (Å²) < 4.78 is 4.75. The second-order valence-corrected chi connectivity index (χ2v) is 7.26. The molecule has 31 heavy (non-hydrogen) atoms. The van der Waals surface area contributed by atoms with E-state index in [-0.39, 0.29) is 67.8 Å². The fraction of sp³-hybridized carbons (Fsp3) is 0.760. The van der Waals surface area contributed by atoms with Crippen LogP contribution in [0.25, 0.3) is 0 Å². The van der Waals surface area contributed by atoms with E-state index in [1.54, 1.807) is 21.2 Å². The van der Waals surface area contributed by atoms with Crippen LogP contribution in [0.2, 0.25) is 0 Å². The zero-order chi connectivity index (χ0) is 22.3. The molecule has 0 aliphatic carbocycles. The first-order valence-electron chi connectivity index (χ1n) is 9.67. The van der Waals surface area contributed by atoms with Gasteiger partial charge >= 0.3 is 18.6 Å². The Labute approximate surface area is 227 Å². The third kappa shape index (κ3) is 159. The van der Waals surface area contributed by atoms with Gasteiger partial charge < -0.3 is 36.8 Å². The first-order valence-corrected chi connectivity index (χ1v) is 9.67. The summed E-state index contributed by atoms with van der Waals surface area (Å²) >= 11 is 0. The van der Waals surface area contributed by atoms with E-state index in [4.69, 9.17) is 4.74 Å². The van der Waals surface area contributed by atoms with Gasteiger partial charge in [-0.05, 0) is 61.2 Å². The van der Waals surface area contributed by atoms with Crippen molar-refractivity contribution in [2.75, 3.05) is 41.8 Å². The molecule has 0 atom stereocenters. The predicted octanol–water partition coefficient (Wildman–Crippen LogP) is 7.07. The first-order chi connectivity index (χ1) is 11.7. The third-order valence-electron chi connectivity index (χ3n) is 3.13. The number of methoxy groups -OCH3 is 1. The molecule has 1 radical (unpaired) electrons. The van der Waals surface area contributed by atoms with Gasteiger partial charge in [-0.1, -0.05) is 45.8 Å². The zero-order valence-corrected chi connectivity index (χ0v) is 29.0. The fourth-order valence-electron chi connectivity index (χ4n) is 0. The van der Waals surface area contributed by atoms with Crippen molar-refractivity contribution in [3.05, 3.63) is 33.9 Å². The van der Waals surface area contributed by atoms with Gasteiger partial charge in [-0.15, -0.1) is 0 Å². The van der Waals surface area contributed by atoms with Crippen molar-refractivity contribution in [1.82, 2.24) is 9.80 Å². The summed E-state index contributed by atoms with van der Waals surface area (Å²) in [7, 11) is 9.26. The minimum absolute atomic E-state index is 0. The van der Waals surface area contributed by atoms with Crippen molar-refractivity contribution in [3.8, 4) is 0 Å². The van der Waals surface area contributed by atoms with Gasteiger partial charge in [0, 0.05) is 49.2 Å². The molecule has 0 aromatic heterocycles. The van der Waals surface area contributed by atoms with Gasteiger partial charge in [-0.25, -0.2) is 0 Å². The Morgan fingerprint density at radius 1 is 0.903 bits per heavy atom. The van der Waals surface area contributed by atoms with Crippen molar-refractivity contribution in [2.45, 2.75) is 81.8 Å². The molecule has 0 saturated carbocycles. The topological polar surface area (TPSA) is 32.8 Å². The molecule has 0 aromatic carbocycles. The smallest absolute Gasteiger partial charge is 0.382 e. The van der Waals surface area contributed by atoms with E-state index < -0.39 is 0 Å². The van der Waals surface area contributed by atoms with Crippen LogP contribution in [0.1, 0.15) is 75.7 Å². The molecule has 0 spiro atoms. The Morgan fingerprint density at radius 3 is 1.06 bits per heavy atom. The van der Waals surface area contributed by atoms with Gasteiger partial charge in [-0.2, -0.15) is 0 Å². The predicted molar refractivity (Wildman–Crippen MR) is 140 cm³/mol. The van der Waals surface area contributed by atoms with Crippen LogP contribution >= 0.6 is 0 Å². The molecule has 195 valence electrons. The van der Waals surface area contributed by atoms with E-state index in [0.29, 0.717) is 6.10 Å². The maximum absolute atomic E-state index is 10.1. The summed E-state index contributed by atoms with van der Waals surface area (Å²) in [5.41, 5.74) is 1.38. The first kappa shape index (κ1) is 63.4. The van der Waals surface area contributed by atoms with E-state index in [9.17, 15) is 4.79 Å². The van der Waals surface area contributed by atoms with E-state index >= 15 is 0 Å². The summed E-state index contributed by atoms with van der Waals surface area (Å²) in [6, 6.07) is 0. The number of carbonyl (C=O) groups excluding carboxylic acids is 1. The molecule has 1 amide bonds. The second kappa shape index (κ2) is 52.4. The Balaban J connectivity index is -0.0000000214. The molecule has 0 rings (SSSR count). The van der Waals surface area contributed by atoms with Crippen molar-refractivity contribution >= 4 is 5.91 Å². The summed E-state index contributed by atoms with van der Waals surface area (Å²) in [5, 5.41) is 0. The Morgan fingerprint density at radius 2 is 1.06 bits per heavy atom.